The number of hydrogen-bond acceptors (Lipinski definition) is 3. The van der Waals surface area contributed by atoms with Gasteiger partial charge in [0.05, 0.1) is 11.0 Å². The zero-order valence-electron chi connectivity index (χ0n) is 10.3. The molecule has 0 radical (unpaired) electrons. The number of imidazole rings is 1. The van der Waals surface area contributed by atoms with Gasteiger partial charge in [-0.1, -0.05) is 0 Å². The zero-order chi connectivity index (χ0) is 13.2. The quantitative estimate of drug-likeness (QED) is 0.736. The van der Waals surface area contributed by atoms with Crippen molar-refractivity contribution in [3.05, 3.63) is 54.1 Å². The molecule has 0 aliphatic carbocycles. The number of aryl methyl sites for hydroxylation is 1. The van der Waals surface area contributed by atoms with Crippen LogP contribution in [-0.2, 0) is 0 Å². The molecule has 3 rings (SSSR count). The van der Waals surface area contributed by atoms with Crippen LogP contribution in [0.15, 0.2) is 42.7 Å². The first-order valence-electron chi connectivity index (χ1n) is 5.90. The normalized spacial score (nSPS) is 10.6. The van der Waals surface area contributed by atoms with Gasteiger partial charge < -0.3 is 10.3 Å². The lowest BCUT2D eigenvalue weighted by Gasteiger charge is -2.04. The zero-order valence-corrected chi connectivity index (χ0v) is 10.3. The highest BCUT2D eigenvalue weighted by molar-refractivity contribution is 6.04. The molecule has 5 heteroatoms. The van der Waals surface area contributed by atoms with Gasteiger partial charge in [-0.15, -0.1) is 0 Å². The number of rotatable bonds is 2. The van der Waals surface area contributed by atoms with Gasteiger partial charge in [0.25, 0.3) is 5.91 Å². The minimum Gasteiger partial charge on any atom is -0.342 e. The van der Waals surface area contributed by atoms with E-state index in [-0.39, 0.29) is 5.91 Å². The third-order valence-electron chi connectivity index (χ3n) is 2.80. The molecule has 5 nitrogen and oxygen atoms in total. The second-order valence-electron chi connectivity index (χ2n) is 4.24. The van der Waals surface area contributed by atoms with E-state index in [1.54, 1.807) is 24.5 Å². The number of carbonyl (C=O) groups is 1. The summed E-state index contributed by atoms with van der Waals surface area (Å²) in [5, 5.41) is 2.85. The number of hydrogen-bond donors (Lipinski definition) is 2. The van der Waals surface area contributed by atoms with Crippen molar-refractivity contribution in [2.24, 2.45) is 0 Å². The van der Waals surface area contributed by atoms with Gasteiger partial charge in [-0.25, -0.2) is 4.98 Å². The van der Waals surface area contributed by atoms with Gasteiger partial charge in [0.15, 0.2) is 0 Å². The average molecular weight is 252 g/mol. The van der Waals surface area contributed by atoms with Gasteiger partial charge in [-0.3, -0.25) is 9.78 Å². The van der Waals surface area contributed by atoms with Gasteiger partial charge in [0, 0.05) is 23.6 Å². The monoisotopic (exact) mass is 252 g/mol. The Kier molecular flexibility index (Phi) is 2.72. The minimum atomic E-state index is -0.155. The molecule has 0 saturated carbocycles. The minimum absolute atomic E-state index is 0.155. The number of pyridine rings is 1. The molecule has 0 spiro atoms. The van der Waals surface area contributed by atoms with Crippen molar-refractivity contribution < 1.29 is 4.79 Å². The van der Waals surface area contributed by atoms with Gasteiger partial charge >= 0.3 is 0 Å². The fourth-order valence-corrected chi connectivity index (χ4v) is 1.92. The molecule has 2 heterocycles. The predicted molar refractivity (Wildman–Crippen MR) is 73.0 cm³/mol. The highest BCUT2D eigenvalue weighted by Crippen LogP contribution is 2.17. The number of amides is 1. The molecule has 94 valence electrons. The van der Waals surface area contributed by atoms with Crippen molar-refractivity contribution in [2.75, 3.05) is 5.32 Å². The second kappa shape index (κ2) is 4.53. The maximum atomic E-state index is 12.0. The van der Waals surface area contributed by atoms with E-state index in [0.29, 0.717) is 5.56 Å². The SMILES string of the molecule is Cc1nc2ccc(NC(=O)c3ccncc3)cc2[nH]1. The molecule has 0 bridgehead atoms. The van der Waals surface area contributed by atoms with Crippen LogP contribution in [0.3, 0.4) is 0 Å². The van der Waals surface area contributed by atoms with Crippen molar-refractivity contribution in [1.29, 1.82) is 0 Å². The molecular formula is C14H12N4O. The van der Waals surface area contributed by atoms with Crippen molar-refractivity contribution >= 4 is 22.6 Å². The topological polar surface area (TPSA) is 70.7 Å². The summed E-state index contributed by atoms with van der Waals surface area (Å²) in [5.41, 5.74) is 3.11. The number of anilines is 1. The van der Waals surface area contributed by atoms with Crippen LogP contribution in [0.5, 0.6) is 0 Å². The van der Waals surface area contributed by atoms with Crippen LogP contribution in [-0.4, -0.2) is 20.9 Å². The lowest BCUT2D eigenvalue weighted by molar-refractivity contribution is 0.102. The maximum Gasteiger partial charge on any atom is 0.255 e. The van der Waals surface area contributed by atoms with Crippen LogP contribution >= 0.6 is 0 Å². The number of nitrogens with one attached hydrogen (secondary N) is 2. The Bertz CT molecular complexity index is 734. The standard InChI is InChI=1S/C14H12N4O/c1-9-16-12-3-2-11(8-13(12)17-9)18-14(19)10-4-6-15-7-5-10/h2-8H,1H3,(H,16,17)(H,18,19). The molecule has 1 amide bonds. The number of carbonyl (C=O) groups excluding carboxylic acids is 1. The van der Waals surface area contributed by atoms with Crippen LogP contribution in [0.1, 0.15) is 16.2 Å². The summed E-state index contributed by atoms with van der Waals surface area (Å²) < 4.78 is 0. The Labute approximate surface area is 109 Å². The van der Waals surface area contributed by atoms with Crippen molar-refractivity contribution in [2.45, 2.75) is 6.92 Å². The number of fused-ring (bicyclic) bond motifs is 1. The van der Waals surface area contributed by atoms with E-state index in [0.717, 1.165) is 22.5 Å². The summed E-state index contributed by atoms with van der Waals surface area (Å²) >= 11 is 0. The number of aromatic nitrogens is 3. The smallest absolute Gasteiger partial charge is 0.255 e. The number of aromatic amines is 1. The van der Waals surface area contributed by atoms with E-state index in [2.05, 4.69) is 20.3 Å². The molecule has 1 aromatic carbocycles. The summed E-state index contributed by atoms with van der Waals surface area (Å²) in [6.45, 7) is 1.90. The summed E-state index contributed by atoms with van der Waals surface area (Å²) in [6.07, 6.45) is 3.19. The van der Waals surface area contributed by atoms with E-state index in [1.807, 2.05) is 25.1 Å². The van der Waals surface area contributed by atoms with E-state index in [1.165, 1.54) is 0 Å². The fourth-order valence-electron chi connectivity index (χ4n) is 1.92. The van der Waals surface area contributed by atoms with Crippen LogP contribution in [0.4, 0.5) is 5.69 Å². The summed E-state index contributed by atoms with van der Waals surface area (Å²) in [5.74, 6) is 0.700. The van der Waals surface area contributed by atoms with E-state index < -0.39 is 0 Å². The fraction of sp³-hybridized carbons (Fsp3) is 0.0714. The van der Waals surface area contributed by atoms with Gasteiger partial charge in [0.1, 0.15) is 5.82 Å². The molecule has 2 aromatic heterocycles. The predicted octanol–water partition coefficient (Wildman–Crippen LogP) is 2.52. The molecule has 0 aliphatic heterocycles. The molecule has 0 saturated heterocycles. The van der Waals surface area contributed by atoms with E-state index in [4.69, 9.17) is 0 Å². The Morgan fingerprint density at radius 3 is 2.79 bits per heavy atom. The summed E-state index contributed by atoms with van der Waals surface area (Å²) in [7, 11) is 0. The first kappa shape index (κ1) is 11.4. The Hall–Kier alpha value is -2.69. The van der Waals surface area contributed by atoms with Gasteiger partial charge in [-0.2, -0.15) is 0 Å². The number of benzene rings is 1. The van der Waals surface area contributed by atoms with Crippen LogP contribution < -0.4 is 5.32 Å². The van der Waals surface area contributed by atoms with Crippen LogP contribution in [0.2, 0.25) is 0 Å². The average Bonchev–Trinajstić information content (AvgIpc) is 2.79. The molecule has 0 atom stereocenters. The van der Waals surface area contributed by atoms with E-state index in [9.17, 15) is 4.79 Å². The lowest BCUT2D eigenvalue weighted by atomic mass is 10.2. The molecule has 3 aromatic rings. The van der Waals surface area contributed by atoms with Gasteiger partial charge in [-0.05, 0) is 37.3 Å². The molecule has 2 N–H and O–H groups in total. The number of H-pyrrole nitrogens is 1. The molecule has 19 heavy (non-hydrogen) atoms. The van der Waals surface area contributed by atoms with Crippen LogP contribution in [0, 0.1) is 6.92 Å². The molecule has 0 unspecified atom stereocenters. The largest absolute Gasteiger partial charge is 0.342 e. The maximum absolute atomic E-state index is 12.0. The molecule has 0 aliphatic rings. The van der Waals surface area contributed by atoms with Crippen molar-refractivity contribution in [1.82, 2.24) is 15.0 Å². The summed E-state index contributed by atoms with van der Waals surface area (Å²) in [4.78, 5) is 23.3. The lowest BCUT2D eigenvalue weighted by Crippen LogP contribution is -2.11. The number of nitrogens with zero attached hydrogens (tertiary/aromatic N) is 2. The third kappa shape index (κ3) is 2.30. The summed E-state index contributed by atoms with van der Waals surface area (Å²) in [6, 6.07) is 8.93. The Morgan fingerprint density at radius 2 is 2.00 bits per heavy atom. The van der Waals surface area contributed by atoms with Crippen molar-refractivity contribution in [3.8, 4) is 0 Å². The highest BCUT2D eigenvalue weighted by atomic mass is 16.1. The Morgan fingerprint density at radius 1 is 1.21 bits per heavy atom. The molecular weight excluding hydrogens is 240 g/mol. The second-order valence-corrected chi connectivity index (χ2v) is 4.24. The van der Waals surface area contributed by atoms with Gasteiger partial charge in [0.2, 0.25) is 0 Å². The van der Waals surface area contributed by atoms with Crippen molar-refractivity contribution in [3.63, 3.8) is 0 Å². The Balaban J connectivity index is 1.87. The molecule has 0 fully saturated rings. The first-order valence-corrected chi connectivity index (χ1v) is 5.90. The highest BCUT2D eigenvalue weighted by Gasteiger charge is 2.06. The first-order chi connectivity index (χ1) is 9.22. The third-order valence-corrected chi connectivity index (χ3v) is 2.80. The van der Waals surface area contributed by atoms with E-state index >= 15 is 0 Å². The van der Waals surface area contributed by atoms with Crippen LogP contribution in [0.25, 0.3) is 11.0 Å².